The van der Waals surface area contributed by atoms with Crippen molar-refractivity contribution in [2.24, 2.45) is 5.92 Å². The molecule has 0 fully saturated rings. The summed E-state index contributed by atoms with van der Waals surface area (Å²) in [6, 6.07) is 18.9. The SMILES string of the molecule is CC[C@H](C)[C@@H](C(=O)Nc1cccc(C#N)c1)c1ccccc1. The lowest BCUT2D eigenvalue weighted by Crippen LogP contribution is -2.26. The molecular formula is C19H20N2O. The van der Waals surface area contributed by atoms with Crippen molar-refractivity contribution in [1.29, 1.82) is 5.26 Å². The van der Waals surface area contributed by atoms with Gasteiger partial charge in [-0.1, -0.05) is 56.7 Å². The molecule has 0 aliphatic rings. The maximum atomic E-state index is 12.7. The van der Waals surface area contributed by atoms with E-state index in [0.717, 1.165) is 12.0 Å². The van der Waals surface area contributed by atoms with Gasteiger partial charge in [-0.3, -0.25) is 4.79 Å². The topological polar surface area (TPSA) is 52.9 Å². The summed E-state index contributed by atoms with van der Waals surface area (Å²) in [7, 11) is 0. The number of amides is 1. The van der Waals surface area contributed by atoms with Crippen LogP contribution in [-0.2, 0) is 4.79 Å². The molecule has 0 unspecified atom stereocenters. The summed E-state index contributed by atoms with van der Waals surface area (Å²) in [5, 5.41) is 11.9. The van der Waals surface area contributed by atoms with Gasteiger partial charge in [-0.25, -0.2) is 0 Å². The van der Waals surface area contributed by atoms with Crippen LogP contribution in [0.5, 0.6) is 0 Å². The quantitative estimate of drug-likeness (QED) is 0.892. The van der Waals surface area contributed by atoms with Gasteiger partial charge in [0.05, 0.1) is 17.6 Å². The van der Waals surface area contributed by atoms with E-state index < -0.39 is 0 Å². The molecule has 0 saturated heterocycles. The van der Waals surface area contributed by atoms with Crippen molar-refractivity contribution >= 4 is 11.6 Å². The largest absolute Gasteiger partial charge is 0.326 e. The van der Waals surface area contributed by atoms with E-state index in [4.69, 9.17) is 5.26 Å². The summed E-state index contributed by atoms with van der Waals surface area (Å²) in [5.74, 6) is 0.00845. The summed E-state index contributed by atoms with van der Waals surface area (Å²) >= 11 is 0. The number of anilines is 1. The number of nitrogens with one attached hydrogen (secondary N) is 1. The molecule has 22 heavy (non-hydrogen) atoms. The first-order valence-corrected chi connectivity index (χ1v) is 7.51. The van der Waals surface area contributed by atoms with Crippen LogP contribution in [0.15, 0.2) is 54.6 Å². The molecule has 0 aromatic heterocycles. The summed E-state index contributed by atoms with van der Waals surface area (Å²) in [4.78, 5) is 12.7. The van der Waals surface area contributed by atoms with Crippen molar-refractivity contribution in [2.75, 3.05) is 5.32 Å². The van der Waals surface area contributed by atoms with E-state index in [1.807, 2.05) is 30.3 Å². The fourth-order valence-corrected chi connectivity index (χ4v) is 2.52. The Kier molecular flexibility index (Phi) is 5.32. The number of hydrogen-bond donors (Lipinski definition) is 1. The lowest BCUT2D eigenvalue weighted by atomic mass is 9.85. The predicted octanol–water partition coefficient (Wildman–Crippen LogP) is 4.33. The summed E-state index contributed by atoms with van der Waals surface area (Å²) in [6.45, 7) is 4.17. The van der Waals surface area contributed by atoms with Crippen LogP contribution in [0, 0.1) is 17.2 Å². The molecule has 0 spiro atoms. The summed E-state index contributed by atoms with van der Waals surface area (Å²) in [6.07, 6.45) is 0.922. The van der Waals surface area contributed by atoms with E-state index in [0.29, 0.717) is 11.3 Å². The molecular weight excluding hydrogens is 272 g/mol. The molecule has 0 heterocycles. The first-order valence-electron chi connectivity index (χ1n) is 7.51. The molecule has 1 N–H and O–H groups in total. The second-order valence-corrected chi connectivity index (χ2v) is 5.46. The van der Waals surface area contributed by atoms with E-state index >= 15 is 0 Å². The summed E-state index contributed by atoms with van der Waals surface area (Å²) in [5.41, 5.74) is 2.22. The van der Waals surface area contributed by atoms with Crippen molar-refractivity contribution < 1.29 is 4.79 Å². The average Bonchev–Trinajstić information content (AvgIpc) is 2.56. The van der Waals surface area contributed by atoms with E-state index in [2.05, 4.69) is 25.2 Å². The Bertz CT molecular complexity index is 673. The van der Waals surface area contributed by atoms with Gasteiger partial charge in [-0.15, -0.1) is 0 Å². The fourth-order valence-electron chi connectivity index (χ4n) is 2.52. The maximum absolute atomic E-state index is 12.7. The normalized spacial score (nSPS) is 13.0. The van der Waals surface area contributed by atoms with Gasteiger partial charge in [-0.2, -0.15) is 5.26 Å². The molecule has 2 atom stereocenters. The Labute approximate surface area is 131 Å². The third-order valence-electron chi connectivity index (χ3n) is 3.91. The molecule has 0 aliphatic carbocycles. The highest BCUT2D eigenvalue weighted by molar-refractivity contribution is 5.96. The zero-order valence-electron chi connectivity index (χ0n) is 12.9. The van der Waals surface area contributed by atoms with E-state index in [-0.39, 0.29) is 17.7 Å². The lowest BCUT2D eigenvalue weighted by molar-refractivity contribution is -0.118. The van der Waals surface area contributed by atoms with Crippen LogP contribution >= 0.6 is 0 Å². The minimum absolute atomic E-state index is 0.0318. The van der Waals surface area contributed by atoms with Crippen LogP contribution in [0.3, 0.4) is 0 Å². The van der Waals surface area contributed by atoms with Crippen molar-refractivity contribution in [3.63, 3.8) is 0 Å². The molecule has 1 amide bonds. The maximum Gasteiger partial charge on any atom is 0.232 e. The van der Waals surface area contributed by atoms with E-state index in [1.54, 1.807) is 24.3 Å². The van der Waals surface area contributed by atoms with Crippen LogP contribution in [0.2, 0.25) is 0 Å². The first-order chi connectivity index (χ1) is 10.7. The van der Waals surface area contributed by atoms with Gasteiger partial charge in [0.1, 0.15) is 0 Å². The van der Waals surface area contributed by atoms with Crippen LogP contribution < -0.4 is 5.32 Å². The number of rotatable bonds is 5. The van der Waals surface area contributed by atoms with Crippen LogP contribution in [0.25, 0.3) is 0 Å². The predicted molar refractivity (Wildman–Crippen MR) is 88.4 cm³/mol. The Balaban J connectivity index is 2.24. The molecule has 2 aromatic rings. The Morgan fingerprint density at radius 3 is 2.55 bits per heavy atom. The first kappa shape index (κ1) is 15.8. The highest BCUT2D eigenvalue weighted by Gasteiger charge is 2.25. The van der Waals surface area contributed by atoms with Gasteiger partial charge in [0.25, 0.3) is 0 Å². The van der Waals surface area contributed by atoms with Crippen molar-refractivity contribution in [3.05, 3.63) is 65.7 Å². The number of nitrogens with zero attached hydrogens (tertiary/aromatic N) is 1. The Morgan fingerprint density at radius 1 is 1.18 bits per heavy atom. The fraction of sp³-hybridized carbons (Fsp3) is 0.263. The number of carbonyl (C=O) groups excluding carboxylic acids is 1. The van der Waals surface area contributed by atoms with Gasteiger partial charge in [0, 0.05) is 5.69 Å². The van der Waals surface area contributed by atoms with Gasteiger partial charge in [0.2, 0.25) is 5.91 Å². The molecule has 0 aliphatic heterocycles. The highest BCUT2D eigenvalue weighted by atomic mass is 16.1. The third kappa shape index (κ3) is 3.73. The van der Waals surface area contributed by atoms with Crippen LogP contribution in [0.1, 0.15) is 37.3 Å². The smallest absolute Gasteiger partial charge is 0.232 e. The third-order valence-corrected chi connectivity index (χ3v) is 3.91. The number of benzene rings is 2. The molecule has 0 bridgehead atoms. The van der Waals surface area contributed by atoms with Gasteiger partial charge >= 0.3 is 0 Å². The van der Waals surface area contributed by atoms with Crippen LogP contribution in [0.4, 0.5) is 5.69 Å². The van der Waals surface area contributed by atoms with Crippen molar-refractivity contribution in [3.8, 4) is 6.07 Å². The standard InChI is InChI=1S/C19H20N2O/c1-3-14(2)18(16-9-5-4-6-10-16)19(22)21-17-11-7-8-15(12-17)13-20/h4-12,14,18H,3H2,1-2H3,(H,21,22)/t14-,18+/m0/s1. The molecule has 0 radical (unpaired) electrons. The molecule has 2 rings (SSSR count). The van der Waals surface area contributed by atoms with Crippen LogP contribution in [-0.4, -0.2) is 5.91 Å². The average molecular weight is 292 g/mol. The summed E-state index contributed by atoms with van der Waals surface area (Å²) < 4.78 is 0. The number of hydrogen-bond acceptors (Lipinski definition) is 2. The molecule has 0 saturated carbocycles. The zero-order valence-corrected chi connectivity index (χ0v) is 12.9. The molecule has 2 aromatic carbocycles. The zero-order chi connectivity index (χ0) is 15.9. The van der Waals surface area contributed by atoms with E-state index in [9.17, 15) is 4.79 Å². The second-order valence-electron chi connectivity index (χ2n) is 5.46. The second kappa shape index (κ2) is 7.42. The monoisotopic (exact) mass is 292 g/mol. The van der Waals surface area contributed by atoms with Gasteiger partial charge in [0.15, 0.2) is 0 Å². The van der Waals surface area contributed by atoms with Gasteiger partial charge < -0.3 is 5.32 Å². The van der Waals surface area contributed by atoms with Crippen molar-refractivity contribution in [1.82, 2.24) is 0 Å². The van der Waals surface area contributed by atoms with Gasteiger partial charge in [-0.05, 0) is 29.7 Å². The van der Waals surface area contributed by atoms with Crippen molar-refractivity contribution in [2.45, 2.75) is 26.2 Å². The number of carbonyl (C=O) groups is 1. The highest BCUT2D eigenvalue weighted by Crippen LogP contribution is 2.28. The molecule has 112 valence electrons. The Morgan fingerprint density at radius 2 is 1.91 bits per heavy atom. The lowest BCUT2D eigenvalue weighted by Gasteiger charge is -2.22. The number of nitriles is 1. The minimum atomic E-state index is -0.197. The minimum Gasteiger partial charge on any atom is -0.326 e. The molecule has 3 nitrogen and oxygen atoms in total. The van der Waals surface area contributed by atoms with E-state index in [1.165, 1.54) is 0 Å². The molecule has 3 heteroatoms. The Hall–Kier alpha value is -2.60.